The van der Waals surface area contributed by atoms with Gasteiger partial charge in [0.1, 0.15) is 0 Å². The van der Waals surface area contributed by atoms with E-state index in [1.165, 1.54) is 0 Å². The number of nitrogens with zero attached hydrogens (tertiary/aromatic N) is 2. The highest BCUT2D eigenvalue weighted by Gasteiger charge is 2.15. The van der Waals surface area contributed by atoms with E-state index in [1.54, 1.807) is 25.5 Å². The van der Waals surface area contributed by atoms with Crippen molar-refractivity contribution >= 4 is 22.4 Å². The molecule has 2 N–H and O–H groups in total. The maximum Gasteiger partial charge on any atom is 0.236 e. The predicted octanol–water partition coefficient (Wildman–Crippen LogP) is 0.442. The number of ether oxygens (including phenoxy) is 1. The quantitative estimate of drug-likeness (QED) is 0.787. The molecule has 18 heavy (non-hydrogen) atoms. The topological polar surface area (TPSA) is 66.5 Å². The molecule has 7 heteroatoms. The maximum absolute atomic E-state index is 11.4. The van der Waals surface area contributed by atoms with E-state index in [0.29, 0.717) is 12.4 Å². The highest BCUT2D eigenvalue weighted by Crippen LogP contribution is 2.30. The molecule has 1 unspecified atom stereocenters. The lowest BCUT2D eigenvalue weighted by Crippen LogP contribution is -2.40. The Morgan fingerprint density at radius 1 is 1.56 bits per heavy atom. The summed E-state index contributed by atoms with van der Waals surface area (Å²) in [5, 5.41) is 6.62. The van der Waals surface area contributed by atoms with Gasteiger partial charge in [0.2, 0.25) is 11.8 Å². The van der Waals surface area contributed by atoms with Crippen LogP contribution in [0.25, 0.3) is 0 Å². The first-order valence-electron chi connectivity index (χ1n) is 5.65. The van der Waals surface area contributed by atoms with E-state index >= 15 is 0 Å². The van der Waals surface area contributed by atoms with Crippen molar-refractivity contribution in [1.29, 1.82) is 0 Å². The largest absolute Gasteiger partial charge is 0.480 e. The second-order valence-corrected chi connectivity index (χ2v) is 5.10. The van der Waals surface area contributed by atoms with E-state index in [4.69, 9.17) is 4.74 Å². The lowest BCUT2D eigenvalue weighted by Gasteiger charge is -2.11. The zero-order chi connectivity index (χ0) is 13.7. The van der Waals surface area contributed by atoms with Crippen LogP contribution in [0.15, 0.2) is 0 Å². The minimum absolute atomic E-state index is 0.0358. The number of carbonyl (C=O) groups excluding carboxylic acids is 1. The summed E-state index contributed by atoms with van der Waals surface area (Å²) in [7, 11) is 7.09. The van der Waals surface area contributed by atoms with E-state index in [-0.39, 0.29) is 11.9 Å². The Labute approximate surface area is 111 Å². The lowest BCUT2D eigenvalue weighted by molar-refractivity contribution is -0.122. The number of amides is 1. The van der Waals surface area contributed by atoms with Crippen LogP contribution in [0.1, 0.15) is 11.8 Å². The van der Waals surface area contributed by atoms with Gasteiger partial charge in [-0.2, -0.15) is 4.98 Å². The Balaban J connectivity index is 2.69. The molecule has 1 rings (SSSR count). The first-order valence-corrected chi connectivity index (χ1v) is 6.47. The van der Waals surface area contributed by atoms with Gasteiger partial charge in [0.15, 0.2) is 5.13 Å². The van der Waals surface area contributed by atoms with Crippen LogP contribution in [0.4, 0.5) is 5.13 Å². The molecule has 0 saturated carbocycles. The summed E-state index contributed by atoms with van der Waals surface area (Å²) in [5.41, 5.74) is 0. The number of likely N-dealkylation sites (N-methyl/N-ethyl adjacent to an activating group) is 1. The molecular weight excluding hydrogens is 252 g/mol. The first kappa shape index (κ1) is 14.7. The Kier molecular flexibility index (Phi) is 5.36. The van der Waals surface area contributed by atoms with E-state index in [0.717, 1.165) is 10.0 Å². The number of thiazole rings is 1. The minimum Gasteiger partial charge on any atom is -0.480 e. The fraction of sp³-hybridized carbons (Fsp3) is 0.636. The number of hydrogen-bond donors (Lipinski definition) is 2. The van der Waals surface area contributed by atoms with Gasteiger partial charge in [0.25, 0.3) is 0 Å². The van der Waals surface area contributed by atoms with Gasteiger partial charge in [-0.05, 0) is 6.92 Å². The molecule has 1 aromatic rings. The summed E-state index contributed by atoms with van der Waals surface area (Å²) in [6, 6.07) is -0.246. The standard InChI is InChI=1S/C11H20N4O2S/c1-7(9(16)12-2)13-6-8-10(17-5)14-11(18-8)15(3)4/h7,13H,6H2,1-5H3,(H,12,16). The van der Waals surface area contributed by atoms with Gasteiger partial charge in [-0.3, -0.25) is 4.79 Å². The normalized spacial score (nSPS) is 12.1. The first-order chi connectivity index (χ1) is 8.49. The van der Waals surface area contributed by atoms with E-state index in [1.807, 2.05) is 25.9 Å². The SMILES string of the molecule is CNC(=O)C(C)NCc1sc(N(C)C)nc1OC. The fourth-order valence-electron chi connectivity index (χ4n) is 1.34. The van der Waals surface area contributed by atoms with E-state index in [9.17, 15) is 4.79 Å². The van der Waals surface area contributed by atoms with Gasteiger partial charge in [-0.15, -0.1) is 0 Å². The monoisotopic (exact) mass is 272 g/mol. The van der Waals surface area contributed by atoms with Gasteiger partial charge in [0.05, 0.1) is 18.0 Å². The second kappa shape index (κ2) is 6.55. The van der Waals surface area contributed by atoms with Crippen molar-refractivity contribution in [3.05, 3.63) is 4.88 Å². The van der Waals surface area contributed by atoms with Gasteiger partial charge in [-0.1, -0.05) is 11.3 Å². The molecule has 0 aromatic carbocycles. The highest BCUT2D eigenvalue weighted by molar-refractivity contribution is 7.15. The zero-order valence-corrected chi connectivity index (χ0v) is 12.2. The minimum atomic E-state index is -0.246. The molecule has 0 bridgehead atoms. The predicted molar refractivity (Wildman–Crippen MR) is 73.4 cm³/mol. The lowest BCUT2D eigenvalue weighted by atomic mass is 10.3. The third-order valence-electron chi connectivity index (χ3n) is 2.43. The van der Waals surface area contributed by atoms with Gasteiger partial charge in [0, 0.05) is 27.7 Å². The summed E-state index contributed by atoms with van der Waals surface area (Å²) in [6.45, 7) is 2.38. The summed E-state index contributed by atoms with van der Waals surface area (Å²) in [4.78, 5) is 18.6. The number of anilines is 1. The molecule has 0 fully saturated rings. The van der Waals surface area contributed by atoms with Crippen LogP contribution in [0.5, 0.6) is 5.88 Å². The summed E-state index contributed by atoms with van der Waals surface area (Å²) < 4.78 is 5.23. The van der Waals surface area contributed by atoms with Gasteiger partial charge in [-0.25, -0.2) is 0 Å². The van der Waals surface area contributed by atoms with Crippen LogP contribution in [0.3, 0.4) is 0 Å². The molecule has 0 radical (unpaired) electrons. The van der Waals surface area contributed by atoms with Crippen LogP contribution in [-0.4, -0.2) is 45.2 Å². The Hall–Kier alpha value is -1.34. The molecule has 0 saturated heterocycles. The van der Waals surface area contributed by atoms with Crippen LogP contribution in [-0.2, 0) is 11.3 Å². The molecule has 6 nitrogen and oxygen atoms in total. The van der Waals surface area contributed by atoms with Crippen molar-refractivity contribution < 1.29 is 9.53 Å². The average molecular weight is 272 g/mol. The highest BCUT2D eigenvalue weighted by atomic mass is 32.1. The number of hydrogen-bond acceptors (Lipinski definition) is 6. The molecule has 0 aliphatic rings. The van der Waals surface area contributed by atoms with Crippen molar-refractivity contribution in [2.45, 2.75) is 19.5 Å². The number of rotatable bonds is 6. The summed E-state index contributed by atoms with van der Waals surface area (Å²) in [5.74, 6) is 0.576. The summed E-state index contributed by atoms with van der Waals surface area (Å²) >= 11 is 1.55. The van der Waals surface area contributed by atoms with Crippen LogP contribution in [0, 0.1) is 0 Å². The van der Waals surface area contributed by atoms with Crippen molar-refractivity contribution in [3.63, 3.8) is 0 Å². The molecule has 102 valence electrons. The van der Waals surface area contributed by atoms with Gasteiger partial charge >= 0.3 is 0 Å². The molecular formula is C11H20N4O2S. The Morgan fingerprint density at radius 3 is 2.72 bits per heavy atom. The van der Waals surface area contributed by atoms with Crippen molar-refractivity contribution in [1.82, 2.24) is 15.6 Å². The van der Waals surface area contributed by atoms with E-state index in [2.05, 4.69) is 15.6 Å². The second-order valence-electron chi connectivity index (χ2n) is 4.04. The summed E-state index contributed by atoms with van der Waals surface area (Å²) in [6.07, 6.45) is 0. The van der Waals surface area contributed by atoms with Crippen molar-refractivity contribution in [2.75, 3.05) is 33.2 Å². The molecule has 1 heterocycles. The molecule has 0 aliphatic heterocycles. The fourth-order valence-corrected chi connectivity index (χ4v) is 2.25. The number of nitrogens with one attached hydrogen (secondary N) is 2. The molecule has 1 atom stereocenters. The molecule has 1 amide bonds. The Bertz CT molecular complexity index is 406. The third kappa shape index (κ3) is 3.58. The molecule has 0 spiro atoms. The third-order valence-corrected chi connectivity index (χ3v) is 3.64. The van der Waals surface area contributed by atoms with Gasteiger partial charge < -0.3 is 20.3 Å². The van der Waals surface area contributed by atoms with Crippen LogP contribution >= 0.6 is 11.3 Å². The Morgan fingerprint density at radius 2 is 2.22 bits per heavy atom. The zero-order valence-electron chi connectivity index (χ0n) is 11.4. The number of aromatic nitrogens is 1. The maximum atomic E-state index is 11.4. The number of carbonyl (C=O) groups is 1. The number of methoxy groups -OCH3 is 1. The molecule has 1 aromatic heterocycles. The van der Waals surface area contributed by atoms with E-state index < -0.39 is 0 Å². The van der Waals surface area contributed by atoms with Crippen LogP contribution in [0.2, 0.25) is 0 Å². The van der Waals surface area contributed by atoms with Crippen molar-refractivity contribution in [3.8, 4) is 5.88 Å². The van der Waals surface area contributed by atoms with Crippen molar-refractivity contribution in [2.24, 2.45) is 0 Å². The smallest absolute Gasteiger partial charge is 0.236 e. The van der Waals surface area contributed by atoms with Crippen LogP contribution < -0.4 is 20.3 Å². The average Bonchev–Trinajstić information content (AvgIpc) is 2.78. The molecule has 0 aliphatic carbocycles.